The molecule has 3 heteroatoms. The smallest absolute Gasteiger partial charge is 0.128 e. The van der Waals surface area contributed by atoms with Crippen LogP contribution >= 0.6 is 0 Å². The molecule has 1 aliphatic rings. The van der Waals surface area contributed by atoms with Gasteiger partial charge in [-0.15, -0.1) is 0 Å². The maximum atomic E-state index is 8.80. The lowest BCUT2D eigenvalue weighted by Gasteiger charge is -2.20. The molecule has 0 N–H and O–H groups in total. The normalized spacial score (nSPS) is 11.9. The van der Waals surface area contributed by atoms with Gasteiger partial charge in [-0.1, -0.05) is 0 Å². The van der Waals surface area contributed by atoms with Crippen LogP contribution in [-0.2, 0) is 0 Å². The van der Waals surface area contributed by atoms with Crippen molar-refractivity contribution in [3.8, 4) is 17.6 Å². The highest BCUT2D eigenvalue weighted by Crippen LogP contribution is 2.43. The molecule has 0 atom stereocenters. The molecule has 1 aromatic rings. The Morgan fingerprint density at radius 1 is 1.14 bits per heavy atom. The van der Waals surface area contributed by atoms with Gasteiger partial charge in [-0.25, -0.2) is 0 Å². The number of hydrogen-bond acceptors (Lipinski definition) is 3. The highest BCUT2D eigenvalue weighted by molar-refractivity contribution is 6.05. The van der Waals surface area contributed by atoms with Gasteiger partial charge in [-0.3, -0.25) is 0 Å². The van der Waals surface area contributed by atoms with Crippen molar-refractivity contribution in [2.24, 2.45) is 0 Å². The fourth-order valence-electron chi connectivity index (χ4n) is 1.58. The first-order chi connectivity index (χ1) is 6.81. The third kappa shape index (κ3) is 0.975. The maximum Gasteiger partial charge on any atom is 0.128 e. The Morgan fingerprint density at radius 3 is 2.36 bits per heavy atom. The topological polar surface area (TPSA) is 42.2 Å². The van der Waals surface area contributed by atoms with Crippen molar-refractivity contribution in [3.05, 3.63) is 23.3 Å². The molecule has 14 heavy (non-hydrogen) atoms. The van der Waals surface area contributed by atoms with E-state index >= 15 is 0 Å². The standard InChI is InChI=1S/C11H9NO2/c1-13-9-3-4-10(14-2)11-7(6-12)5-8(9)11/h3-5H,1-2H3. The molecule has 0 fully saturated rings. The molecule has 0 bridgehead atoms. The van der Waals surface area contributed by atoms with Crippen LogP contribution in [0.5, 0.6) is 11.5 Å². The molecule has 1 aromatic carbocycles. The lowest BCUT2D eigenvalue weighted by Crippen LogP contribution is -2.03. The minimum absolute atomic E-state index is 0.649. The van der Waals surface area contributed by atoms with E-state index < -0.39 is 0 Å². The van der Waals surface area contributed by atoms with E-state index in [2.05, 4.69) is 6.07 Å². The summed E-state index contributed by atoms with van der Waals surface area (Å²) < 4.78 is 10.3. The molecule has 0 aliphatic heterocycles. The number of rotatable bonds is 2. The van der Waals surface area contributed by atoms with Crippen LogP contribution in [0.4, 0.5) is 0 Å². The van der Waals surface area contributed by atoms with Crippen molar-refractivity contribution in [2.75, 3.05) is 14.2 Å². The predicted octanol–water partition coefficient (Wildman–Crippen LogP) is 2.08. The molecular weight excluding hydrogens is 178 g/mol. The lowest BCUT2D eigenvalue weighted by atomic mass is 9.88. The first-order valence-electron chi connectivity index (χ1n) is 4.19. The van der Waals surface area contributed by atoms with Crippen LogP contribution in [0.3, 0.4) is 0 Å². The molecule has 3 nitrogen and oxygen atoms in total. The van der Waals surface area contributed by atoms with E-state index in [0.717, 1.165) is 22.6 Å². The number of allylic oxidation sites excluding steroid dienone is 1. The highest BCUT2D eigenvalue weighted by Gasteiger charge is 2.24. The van der Waals surface area contributed by atoms with Crippen LogP contribution < -0.4 is 9.47 Å². The Labute approximate surface area is 82.2 Å². The van der Waals surface area contributed by atoms with Crippen LogP contribution in [0.15, 0.2) is 12.1 Å². The van der Waals surface area contributed by atoms with E-state index in [-0.39, 0.29) is 0 Å². The Kier molecular flexibility index (Phi) is 1.90. The highest BCUT2D eigenvalue weighted by atomic mass is 16.5. The molecule has 0 heterocycles. The van der Waals surface area contributed by atoms with Crippen LogP contribution in [-0.4, -0.2) is 14.2 Å². The van der Waals surface area contributed by atoms with Crippen molar-refractivity contribution >= 4 is 11.6 Å². The molecule has 0 aromatic heterocycles. The molecule has 0 saturated heterocycles. The minimum atomic E-state index is 0.649. The quantitative estimate of drug-likeness (QED) is 0.711. The zero-order valence-electron chi connectivity index (χ0n) is 8.00. The van der Waals surface area contributed by atoms with Gasteiger partial charge >= 0.3 is 0 Å². The van der Waals surface area contributed by atoms with Gasteiger partial charge in [0.05, 0.1) is 25.9 Å². The number of nitriles is 1. The summed E-state index contributed by atoms with van der Waals surface area (Å²) in [5.74, 6) is 1.50. The van der Waals surface area contributed by atoms with E-state index in [4.69, 9.17) is 14.7 Å². The van der Waals surface area contributed by atoms with E-state index in [1.54, 1.807) is 20.3 Å². The van der Waals surface area contributed by atoms with Crippen molar-refractivity contribution in [3.63, 3.8) is 0 Å². The molecular formula is C11H9NO2. The molecule has 2 rings (SSSR count). The zero-order valence-corrected chi connectivity index (χ0v) is 8.00. The Hall–Kier alpha value is -1.95. The number of benzene rings is 1. The number of hydrogen-bond donors (Lipinski definition) is 0. The maximum absolute atomic E-state index is 8.80. The first kappa shape index (κ1) is 8.64. The van der Waals surface area contributed by atoms with Crippen molar-refractivity contribution in [2.45, 2.75) is 0 Å². The van der Waals surface area contributed by atoms with Crippen LogP contribution in [0.1, 0.15) is 11.1 Å². The van der Waals surface area contributed by atoms with Crippen LogP contribution in [0, 0.1) is 11.3 Å². The summed E-state index contributed by atoms with van der Waals surface area (Å²) in [6.07, 6.45) is 1.80. The molecule has 0 spiro atoms. The lowest BCUT2D eigenvalue weighted by molar-refractivity contribution is 0.400. The predicted molar refractivity (Wildman–Crippen MR) is 53.0 cm³/mol. The monoisotopic (exact) mass is 187 g/mol. The van der Waals surface area contributed by atoms with Gasteiger partial charge in [0.2, 0.25) is 0 Å². The molecule has 70 valence electrons. The number of ether oxygens (including phenoxy) is 2. The summed E-state index contributed by atoms with van der Waals surface area (Å²) in [4.78, 5) is 0. The third-order valence-electron chi connectivity index (χ3n) is 2.29. The SMILES string of the molecule is COc1ccc(OC)c2c1C=C2C#N. The molecule has 1 aliphatic carbocycles. The summed E-state index contributed by atoms with van der Waals surface area (Å²) in [6, 6.07) is 5.75. The van der Waals surface area contributed by atoms with Crippen molar-refractivity contribution in [1.29, 1.82) is 5.26 Å². The second-order valence-electron chi connectivity index (χ2n) is 2.93. The number of methoxy groups -OCH3 is 2. The van der Waals surface area contributed by atoms with E-state index in [1.165, 1.54) is 0 Å². The van der Waals surface area contributed by atoms with Crippen molar-refractivity contribution < 1.29 is 9.47 Å². The Morgan fingerprint density at radius 2 is 1.79 bits per heavy atom. The van der Waals surface area contributed by atoms with Gasteiger partial charge in [0, 0.05) is 11.1 Å². The minimum Gasteiger partial charge on any atom is -0.496 e. The van der Waals surface area contributed by atoms with E-state index in [0.29, 0.717) is 5.57 Å². The summed E-state index contributed by atoms with van der Waals surface area (Å²) in [6.45, 7) is 0. The van der Waals surface area contributed by atoms with Crippen LogP contribution in [0.25, 0.3) is 11.6 Å². The van der Waals surface area contributed by atoms with E-state index in [1.807, 2.05) is 12.1 Å². The van der Waals surface area contributed by atoms with Crippen molar-refractivity contribution in [1.82, 2.24) is 0 Å². The van der Waals surface area contributed by atoms with Gasteiger partial charge in [0.1, 0.15) is 11.5 Å². The second-order valence-corrected chi connectivity index (χ2v) is 2.93. The van der Waals surface area contributed by atoms with E-state index in [9.17, 15) is 0 Å². The third-order valence-corrected chi connectivity index (χ3v) is 2.29. The average Bonchev–Trinajstić information content (AvgIpc) is 2.19. The first-order valence-corrected chi connectivity index (χ1v) is 4.19. The zero-order chi connectivity index (χ0) is 10.1. The summed E-state index contributed by atoms with van der Waals surface area (Å²) in [5.41, 5.74) is 2.45. The van der Waals surface area contributed by atoms with Gasteiger partial charge in [0.15, 0.2) is 0 Å². The fourth-order valence-corrected chi connectivity index (χ4v) is 1.58. The molecule has 0 amide bonds. The average molecular weight is 187 g/mol. The van der Waals surface area contributed by atoms with Gasteiger partial charge in [-0.05, 0) is 18.2 Å². The summed E-state index contributed by atoms with van der Waals surface area (Å²) in [7, 11) is 3.20. The molecule has 0 unspecified atom stereocenters. The largest absolute Gasteiger partial charge is 0.496 e. The Bertz CT molecular complexity index is 455. The van der Waals surface area contributed by atoms with Gasteiger partial charge < -0.3 is 9.47 Å². The van der Waals surface area contributed by atoms with Gasteiger partial charge in [-0.2, -0.15) is 5.26 Å². The number of fused-ring (bicyclic) bond motifs is 1. The van der Waals surface area contributed by atoms with Crippen LogP contribution in [0.2, 0.25) is 0 Å². The molecule has 0 saturated carbocycles. The van der Waals surface area contributed by atoms with Gasteiger partial charge in [0.25, 0.3) is 0 Å². The number of nitrogens with zero attached hydrogens (tertiary/aromatic N) is 1. The summed E-state index contributed by atoms with van der Waals surface area (Å²) >= 11 is 0. The molecule has 0 radical (unpaired) electrons. The fraction of sp³-hybridized carbons (Fsp3) is 0.182. The Balaban J connectivity index is 2.57. The summed E-state index contributed by atoms with van der Waals surface area (Å²) in [5, 5.41) is 8.80. The second kappa shape index (κ2) is 3.08.